The summed E-state index contributed by atoms with van der Waals surface area (Å²) in [5.74, 6) is -1.13. The van der Waals surface area contributed by atoms with Crippen LogP contribution in [0, 0.1) is 5.92 Å². The first-order valence-corrected chi connectivity index (χ1v) is 10.4. The van der Waals surface area contributed by atoms with E-state index in [1.165, 1.54) is 17.2 Å². The van der Waals surface area contributed by atoms with Crippen molar-refractivity contribution in [2.45, 2.75) is 36.3 Å². The second-order valence-corrected chi connectivity index (χ2v) is 9.05. The van der Waals surface area contributed by atoms with Crippen LogP contribution in [0.15, 0.2) is 40.1 Å². The minimum absolute atomic E-state index is 0.110. The molecule has 9 nitrogen and oxygen atoms in total. The molecule has 1 fully saturated rings. The van der Waals surface area contributed by atoms with Crippen molar-refractivity contribution in [2.24, 2.45) is 5.92 Å². The Morgan fingerprint density at radius 1 is 1.33 bits per heavy atom. The molecule has 2 aromatic heterocycles. The number of rotatable bonds is 6. The van der Waals surface area contributed by atoms with E-state index < -0.39 is 44.2 Å². The minimum Gasteiger partial charge on any atom is -0.417 e. The van der Waals surface area contributed by atoms with Crippen molar-refractivity contribution >= 4 is 21.7 Å². The molecule has 0 aliphatic carbocycles. The number of halogens is 3. The van der Waals surface area contributed by atoms with Gasteiger partial charge in [0, 0.05) is 37.3 Å². The molecule has 3 rings (SSSR count). The van der Waals surface area contributed by atoms with Crippen molar-refractivity contribution < 1.29 is 35.6 Å². The van der Waals surface area contributed by atoms with Crippen molar-refractivity contribution in [1.29, 1.82) is 0 Å². The summed E-state index contributed by atoms with van der Waals surface area (Å²) >= 11 is 0. The number of anilines is 1. The number of carbonyl (C=O) groups excluding carboxylic acids is 1. The van der Waals surface area contributed by atoms with Crippen LogP contribution in [0.3, 0.4) is 0 Å². The van der Waals surface area contributed by atoms with E-state index in [0.29, 0.717) is 0 Å². The first-order chi connectivity index (χ1) is 14.1. The zero-order valence-electron chi connectivity index (χ0n) is 15.8. The van der Waals surface area contributed by atoms with E-state index in [4.69, 9.17) is 0 Å². The molecule has 2 amide bonds. The molecule has 1 saturated heterocycles. The lowest BCUT2D eigenvalue weighted by Gasteiger charge is -2.37. The average Bonchev–Trinajstić information content (AvgIpc) is 3.21. The number of alkyl halides is 3. The van der Waals surface area contributed by atoms with Crippen LogP contribution in [0.2, 0.25) is 0 Å². The van der Waals surface area contributed by atoms with Crippen molar-refractivity contribution in [3.05, 3.63) is 30.7 Å². The number of urea groups is 1. The van der Waals surface area contributed by atoms with Crippen LogP contribution in [0.5, 0.6) is 5.88 Å². The van der Waals surface area contributed by atoms with Gasteiger partial charge >= 0.3 is 12.6 Å². The summed E-state index contributed by atoms with van der Waals surface area (Å²) in [5, 5.41) is 3.44. The Bertz CT molecular complexity index is 960. The predicted molar refractivity (Wildman–Crippen MR) is 97.4 cm³/mol. The molecular weight excluding hydrogens is 429 g/mol. The summed E-state index contributed by atoms with van der Waals surface area (Å²) in [5.41, 5.74) is 0. The van der Waals surface area contributed by atoms with Gasteiger partial charge in [-0.3, -0.25) is 5.32 Å². The highest BCUT2D eigenvalue weighted by atomic mass is 32.2. The molecule has 164 valence electrons. The third kappa shape index (κ3) is 4.50. The molecular formula is C17H19F3N4O5S. The van der Waals surface area contributed by atoms with Crippen LogP contribution in [0.25, 0.3) is 0 Å². The summed E-state index contributed by atoms with van der Waals surface area (Å²) < 4.78 is 74.2. The Labute approximate surface area is 170 Å². The van der Waals surface area contributed by atoms with E-state index >= 15 is 4.39 Å². The molecule has 13 heteroatoms. The van der Waals surface area contributed by atoms with Gasteiger partial charge < -0.3 is 14.2 Å². The van der Waals surface area contributed by atoms with Crippen LogP contribution in [0.1, 0.15) is 19.8 Å². The summed E-state index contributed by atoms with van der Waals surface area (Å²) in [7, 11) is -4.48. The van der Waals surface area contributed by atoms with Gasteiger partial charge in [-0.25, -0.2) is 22.6 Å². The van der Waals surface area contributed by atoms with Gasteiger partial charge in [0.15, 0.2) is 5.82 Å². The average molecular weight is 448 g/mol. The number of nitrogens with zero attached hydrogens (tertiary/aromatic N) is 3. The largest absolute Gasteiger partial charge is 0.417 e. The summed E-state index contributed by atoms with van der Waals surface area (Å²) in [6.45, 7) is -1.87. The van der Waals surface area contributed by atoms with E-state index in [-0.39, 0.29) is 31.7 Å². The summed E-state index contributed by atoms with van der Waals surface area (Å²) in [6, 6.07) is 2.91. The number of amides is 2. The Hall–Kier alpha value is -2.83. The predicted octanol–water partition coefficient (Wildman–Crippen LogP) is 3.07. The van der Waals surface area contributed by atoms with E-state index in [2.05, 4.69) is 24.7 Å². The second kappa shape index (κ2) is 8.50. The van der Waals surface area contributed by atoms with Gasteiger partial charge in [0.1, 0.15) is 6.26 Å². The van der Waals surface area contributed by atoms with Gasteiger partial charge in [-0.15, -0.1) is 0 Å². The molecule has 1 N–H and O–H groups in total. The molecule has 1 aliphatic rings. The Morgan fingerprint density at radius 3 is 2.57 bits per heavy atom. The first kappa shape index (κ1) is 21.9. The van der Waals surface area contributed by atoms with Crippen LogP contribution < -0.4 is 10.1 Å². The van der Waals surface area contributed by atoms with Crippen LogP contribution >= 0.6 is 0 Å². The Morgan fingerprint density at radius 2 is 2.03 bits per heavy atom. The molecule has 0 saturated carbocycles. The maximum absolute atomic E-state index is 15.5. The number of likely N-dealkylation sites (tertiary alicyclic amines) is 1. The van der Waals surface area contributed by atoms with E-state index in [1.54, 1.807) is 0 Å². The molecule has 1 atom stereocenters. The van der Waals surface area contributed by atoms with E-state index in [9.17, 15) is 22.0 Å². The molecule has 1 aliphatic heterocycles. The van der Waals surface area contributed by atoms with E-state index in [1.807, 2.05) is 0 Å². The quantitative estimate of drug-likeness (QED) is 0.722. The van der Waals surface area contributed by atoms with Gasteiger partial charge in [0.2, 0.25) is 20.7 Å². The Balaban J connectivity index is 1.65. The van der Waals surface area contributed by atoms with Gasteiger partial charge in [-0.2, -0.15) is 8.78 Å². The highest BCUT2D eigenvalue weighted by Gasteiger charge is 2.48. The number of hydrogen-bond acceptors (Lipinski definition) is 7. The molecule has 0 unspecified atom stereocenters. The zero-order chi connectivity index (χ0) is 21.9. The minimum atomic E-state index is -4.48. The standard InChI is InChI=1S/C17H19F3N4O5S/c1-17(20,30(26,27)12-2-3-14(21-10-12)29-15(18)19)11-4-7-24(8-5-11)16(25)22-13-6-9-28-23-13/h2-3,6,9-11,15H,4-5,7-8H2,1H3,(H,22,23,25)/t17-/m1/s1. The van der Waals surface area contributed by atoms with Crippen LogP contribution in [-0.4, -0.2) is 54.2 Å². The van der Waals surface area contributed by atoms with Crippen molar-refractivity contribution in [3.8, 4) is 5.88 Å². The molecule has 0 spiro atoms. The lowest BCUT2D eigenvalue weighted by atomic mass is 9.92. The smallest absolute Gasteiger partial charge is 0.388 e. The zero-order valence-corrected chi connectivity index (χ0v) is 16.6. The molecule has 30 heavy (non-hydrogen) atoms. The lowest BCUT2D eigenvalue weighted by molar-refractivity contribution is -0.0529. The van der Waals surface area contributed by atoms with Crippen LogP contribution in [0.4, 0.5) is 23.8 Å². The third-order valence-electron chi connectivity index (χ3n) is 4.94. The number of piperidine rings is 1. The highest BCUT2D eigenvalue weighted by Crippen LogP contribution is 2.39. The van der Waals surface area contributed by atoms with Crippen molar-refractivity contribution in [1.82, 2.24) is 15.0 Å². The number of pyridine rings is 1. The van der Waals surface area contributed by atoms with Gasteiger partial charge in [-0.05, 0) is 25.8 Å². The number of carbonyl (C=O) groups is 1. The number of aromatic nitrogens is 2. The normalized spacial score (nSPS) is 17.6. The summed E-state index contributed by atoms with van der Waals surface area (Å²) in [4.78, 5) is 16.7. The Kier molecular flexibility index (Phi) is 6.19. The van der Waals surface area contributed by atoms with Crippen molar-refractivity contribution in [2.75, 3.05) is 18.4 Å². The molecule has 2 aromatic rings. The number of nitrogens with one attached hydrogen (secondary N) is 1. The highest BCUT2D eigenvalue weighted by molar-refractivity contribution is 7.92. The SMILES string of the molecule is C[C@](F)(C1CCN(C(=O)Nc2ccon2)CC1)S(=O)(=O)c1ccc(OC(F)F)nc1. The summed E-state index contributed by atoms with van der Waals surface area (Å²) in [6.07, 6.45) is 2.30. The molecule has 0 aromatic carbocycles. The maximum Gasteiger partial charge on any atom is 0.388 e. The van der Waals surface area contributed by atoms with E-state index in [0.717, 1.165) is 25.3 Å². The topological polar surface area (TPSA) is 115 Å². The molecule has 3 heterocycles. The van der Waals surface area contributed by atoms with Gasteiger partial charge in [-0.1, -0.05) is 5.16 Å². The fourth-order valence-electron chi connectivity index (χ4n) is 3.20. The molecule has 0 bridgehead atoms. The number of ether oxygens (including phenoxy) is 1. The molecule has 0 radical (unpaired) electrons. The third-order valence-corrected chi connectivity index (χ3v) is 7.19. The monoisotopic (exact) mass is 448 g/mol. The second-order valence-electron chi connectivity index (χ2n) is 6.78. The maximum atomic E-state index is 15.5. The fourth-order valence-corrected chi connectivity index (χ4v) is 4.77. The number of hydrogen-bond donors (Lipinski definition) is 1. The van der Waals surface area contributed by atoms with Gasteiger partial charge in [0.25, 0.3) is 0 Å². The fraction of sp³-hybridized carbons (Fsp3) is 0.471. The van der Waals surface area contributed by atoms with Gasteiger partial charge in [0.05, 0.1) is 4.90 Å². The lowest BCUT2D eigenvalue weighted by Crippen LogP contribution is -2.48. The van der Waals surface area contributed by atoms with Crippen LogP contribution in [-0.2, 0) is 9.84 Å². The number of sulfone groups is 1. The van der Waals surface area contributed by atoms with Crippen molar-refractivity contribution in [3.63, 3.8) is 0 Å². The first-order valence-electron chi connectivity index (χ1n) is 8.92.